The van der Waals surface area contributed by atoms with Gasteiger partial charge in [0.25, 0.3) is 0 Å². The van der Waals surface area contributed by atoms with E-state index in [2.05, 4.69) is 5.10 Å². The Morgan fingerprint density at radius 2 is 2.20 bits per heavy atom. The van der Waals surface area contributed by atoms with Gasteiger partial charge < -0.3 is 10.5 Å². The van der Waals surface area contributed by atoms with Crippen LogP contribution < -0.4 is 5.73 Å². The molecule has 0 fully saturated rings. The molecule has 1 heterocycles. The normalized spacial score (nSPS) is 10.6. The van der Waals surface area contributed by atoms with Crippen molar-refractivity contribution in [1.29, 1.82) is 0 Å². The van der Waals surface area contributed by atoms with Crippen molar-refractivity contribution >= 4 is 23.3 Å². The Morgan fingerprint density at radius 3 is 2.75 bits per heavy atom. The molecule has 1 aromatic carbocycles. The standard InChI is InChI=1S/C13H13ClFN3O2/c1-7-12(14)11(18(2)17-7)6-20-13(19)8-3-9(15)5-10(16)4-8/h3-5H,6,16H2,1-2H3. The fourth-order valence-electron chi connectivity index (χ4n) is 1.78. The van der Waals surface area contributed by atoms with Crippen LogP contribution in [-0.4, -0.2) is 15.7 Å². The first-order chi connectivity index (χ1) is 9.38. The summed E-state index contributed by atoms with van der Waals surface area (Å²) in [6.07, 6.45) is 0. The number of nitrogens with two attached hydrogens (primary N) is 1. The second-order valence-electron chi connectivity index (χ2n) is 4.32. The summed E-state index contributed by atoms with van der Waals surface area (Å²) in [4.78, 5) is 11.8. The first kappa shape index (κ1) is 14.3. The van der Waals surface area contributed by atoms with Gasteiger partial charge in [-0.3, -0.25) is 4.68 Å². The number of esters is 1. The van der Waals surface area contributed by atoms with Crippen LogP contribution in [0.3, 0.4) is 0 Å². The second kappa shape index (κ2) is 5.50. The van der Waals surface area contributed by atoms with Crippen LogP contribution >= 0.6 is 11.6 Å². The largest absolute Gasteiger partial charge is 0.456 e. The van der Waals surface area contributed by atoms with Gasteiger partial charge >= 0.3 is 5.97 Å². The third kappa shape index (κ3) is 2.91. The maximum Gasteiger partial charge on any atom is 0.338 e. The minimum atomic E-state index is -0.675. The molecule has 0 bridgehead atoms. The van der Waals surface area contributed by atoms with Crippen LogP contribution in [0.25, 0.3) is 0 Å². The summed E-state index contributed by atoms with van der Waals surface area (Å²) in [5, 5.41) is 4.55. The Labute approximate surface area is 120 Å². The number of aryl methyl sites for hydroxylation is 2. The highest BCUT2D eigenvalue weighted by molar-refractivity contribution is 6.31. The van der Waals surface area contributed by atoms with Gasteiger partial charge in [-0.15, -0.1) is 0 Å². The van der Waals surface area contributed by atoms with Gasteiger partial charge in [-0.05, 0) is 25.1 Å². The molecule has 0 radical (unpaired) electrons. The molecule has 0 saturated carbocycles. The number of carbonyl (C=O) groups excluding carboxylic acids is 1. The first-order valence-corrected chi connectivity index (χ1v) is 6.17. The Hall–Kier alpha value is -2.08. The Morgan fingerprint density at radius 1 is 1.50 bits per heavy atom. The molecule has 0 atom stereocenters. The Balaban J connectivity index is 2.12. The molecule has 2 N–H and O–H groups in total. The molecule has 7 heteroatoms. The summed E-state index contributed by atoms with van der Waals surface area (Å²) in [7, 11) is 1.70. The summed E-state index contributed by atoms with van der Waals surface area (Å²) in [5.74, 6) is -1.27. The van der Waals surface area contributed by atoms with Crippen molar-refractivity contribution in [3.63, 3.8) is 0 Å². The van der Waals surface area contributed by atoms with Gasteiger partial charge in [0, 0.05) is 12.7 Å². The zero-order valence-electron chi connectivity index (χ0n) is 11.0. The lowest BCUT2D eigenvalue weighted by molar-refractivity contribution is 0.0463. The number of nitrogen functional groups attached to an aromatic ring is 1. The van der Waals surface area contributed by atoms with Gasteiger partial charge in [0.05, 0.1) is 22.0 Å². The molecule has 1 aromatic heterocycles. The molecule has 2 aromatic rings. The zero-order chi connectivity index (χ0) is 14.9. The molecule has 0 unspecified atom stereocenters. The van der Waals surface area contributed by atoms with E-state index in [1.54, 1.807) is 14.0 Å². The molecule has 0 spiro atoms. The number of hydrogen-bond donors (Lipinski definition) is 1. The van der Waals surface area contributed by atoms with E-state index >= 15 is 0 Å². The summed E-state index contributed by atoms with van der Waals surface area (Å²) < 4.78 is 19.8. The third-order valence-corrected chi connectivity index (χ3v) is 3.25. The van der Waals surface area contributed by atoms with Crippen molar-refractivity contribution in [3.05, 3.63) is 46.0 Å². The number of anilines is 1. The van der Waals surface area contributed by atoms with Crippen LogP contribution in [-0.2, 0) is 18.4 Å². The maximum atomic E-state index is 13.2. The minimum absolute atomic E-state index is 0.0502. The van der Waals surface area contributed by atoms with E-state index in [4.69, 9.17) is 22.1 Å². The summed E-state index contributed by atoms with van der Waals surface area (Å²) in [6.45, 7) is 1.70. The molecule has 0 amide bonds. The van der Waals surface area contributed by atoms with Gasteiger partial charge in [0.1, 0.15) is 12.4 Å². The second-order valence-corrected chi connectivity index (χ2v) is 4.70. The van der Waals surface area contributed by atoms with Crippen LogP contribution in [0.2, 0.25) is 5.02 Å². The van der Waals surface area contributed by atoms with E-state index < -0.39 is 11.8 Å². The van der Waals surface area contributed by atoms with Crippen molar-refractivity contribution in [3.8, 4) is 0 Å². The lowest BCUT2D eigenvalue weighted by Crippen LogP contribution is -2.09. The highest BCUT2D eigenvalue weighted by Crippen LogP contribution is 2.21. The number of carbonyl (C=O) groups is 1. The predicted octanol–water partition coefficient (Wildman–Crippen LogP) is 2.46. The average Bonchev–Trinajstić information content (AvgIpc) is 2.60. The monoisotopic (exact) mass is 297 g/mol. The molecule has 0 saturated heterocycles. The van der Waals surface area contributed by atoms with E-state index in [-0.39, 0.29) is 17.9 Å². The third-order valence-electron chi connectivity index (χ3n) is 2.76. The maximum absolute atomic E-state index is 13.2. The molecule has 0 aliphatic heterocycles. The number of ether oxygens (including phenoxy) is 1. The van der Waals surface area contributed by atoms with E-state index in [0.717, 1.165) is 12.1 Å². The summed E-state index contributed by atoms with van der Waals surface area (Å²) in [6, 6.07) is 3.54. The first-order valence-electron chi connectivity index (χ1n) is 5.79. The number of rotatable bonds is 3. The fourth-order valence-corrected chi connectivity index (χ4v) is 2.00. The van der Waals surface area contributed by atoms with E-state index in [0.29, 0.717) is 16.4 Å². The van der Waals surface area contributed by atoms with Crippen LogP contribution in [0, 0.1) is 12.7 Å². The van der Waals surface area contributed by atoms with Crippen LogP contribution in [0.15, 0.2) is 18.2 Å². The number of halogens is 2. The van der Waals surface area contributed by atoms with Crippen molar-refractivity contribution in [2.24, 2.45) is 7.05 Å². The summed E-state index contributed by atoms with van der Waals surface area (Å²) in [5.41, 5.74) is 6.90. The number of benzene rings is 1. The highest BCUT2D eigenvalue weighted by Gasteiger charge is 2.15. The molecule has 0 aliphatic carbocycles. The van der Waals surface area contributed by atoms with Gasteiger partial charge in [0.2, 0.25) is 0 Å². The van der Waals surface area contributed by atoms with Crippen molar-refractivity contribution in [2.75, 3.05) is 5.73 Å². The van der Waals surface area contributed by atoms with Crippen molar-refractivity contribution < 1.29 is 13.9 Å². The van der Waals surface area contributed by atoms with E-state index in [9.17, 15) is 9.18 Å². The molecule has 5 nitrogen and oxygen atoms in total. The lowest BCUT2D eigenvalue weighted by atomic mass is 10.2. The molecular weight excluding hydrogens is 285 g/mol. The molecule has 0 aliphatic rings. The average molecular weight is 298 g/mol. The lowest BCUT2D eigenvalue weighted by Gasteiger charge is -2.06. The van der Waals surface area contributed by atoms with Crippen LogP contribution in [0.4, 0.5) is 10.1 Å². The number of hydrogen-bond acceptors (Lipinski definition) is 4. The van der Waals surface area contributed by atoms with Gasteiger partial charge in [-0.2, -0.15) is 5.10 Å². The molecular formula is C13H13ClFN3O2. The van der Waals surface area contributed by atoms with Crippen LogP contribution in [0.5, 0.6) is 0 Å². The summed E-state index contributed by atoms with van der Waals surface area (Å²) >= 11 is 6.04. The van der Waals surface area contributed by atoms with Crippen molar-refractivity contribution in [1.82, 2.24) is 9.78 Å². The number of aromatic nitrogens is 2. The zero-order valence-corrected chi connectivity index (χ0v) is 11.7. The minimum Gasteiger partial charge on any atom is -0.456 e. The molecule has 106 valence electrons. The van der Waals surface area contributed by atoms with Crippen LogP contribution in [0.1, 0.15) is 21.7 Å². The van der Waals surface area contributed by atoms with Gasteiger partial charge in [0.15, 0.2) is 0 Å². The fraction of sp³-hybridized carbons (Fsp3) is 0.231. The Bertz CT molecular complexity index is 650. The molecule has 20 heavy (non-hydrogen) atoms. The topological polar surface area (TPSA) is 70.1 Å². The molecule has 2 rings (SSSR count). The Kier molecular flexibility index (Phi) is 3.94. The highest BCUT2D eigenvalue weighted by atomic mass is 35.5. The van der Waals surface area contributed by atoms with Crippen molar-refractivity contribution in [2.45, 2.75) is 13.5 Å². The number of nitrogens with zero attached hydrogens (tertiary/aromatic N) is 2. The predicted molar refractivity (Wildman–Crippen MR) is 72.9 cm³/mol. The quantitative estimate of drug-likeness (QED) is 0.698. The van der Waals surface area contributed by atoms with E-state index in [1.807, 2.05) is 0 Å². The van der Waals surface area contributed by atoms with Gasteiger partial charge in [-0.1, -0.05) is 11.6 Å². The van der Waals surface area contributed by atoms with Gasteiger partial charge in [-0.25, -0.2) is 9.18 Å². The van der Waals surface area contributed by atoms with E-state index in [1.165, 1.54) is 10.7 Å². The SMILES string of the molecule is Cc1nn(C)c(COC(=O)c2cc(N)cc(F)c2)c1Cl. The smallest absolute Gasteiger partial charge is 0.338 e.